The lowest BCUT2D eigenvalue weighted by Gasteiger charge is -2.29. The van der Waals surface area contributed by atoms with E-state index in [1.165, 1.54) is 0 Å². The minimum atomic E-state index is -4.03. The maximum Gasteiger partial charge on any atom is 0.332 e. The van der Waals surface area contributed by atoms with Crippen LogP contribution >= 0.6 is 7.60 Å². The number of rotatable bonds is 2. The molecule has 0 aliphatic carbocycles. The normalized spacial score (nSPS) is 15.3. The zero-order valence-electron chi connectivity index (χ0n) is 8.90. The van der Waals surface area contributed by atoms with Crippen molar-refractivity contribution in [3.63, 3.8) is 0 Å². The Bertz CT molecular complexity index is 240. The van der Waals surface area contributed by atoms with Gasteiger partial charge in [-0.1, -0.05) is 32.4 Å². The molecular weight excluding hydrogens is 187 g/mol. The fourth-order valence-corrected chi connectivity index (χ4v) is 2.67. The Morgan fingerprint density at radius 3 is 1.77 bits per heavy atom. The molecule has 3 nitrogen and oxygen atoms in total. The van der Waals surface area contributed by atoms with Crippen molar-refractivity contribution >= 4 is 7.60 Å². The Morgan fingerprint density at radius 2 is 1.69 bits per heavy atom. The molecule has 0 aromatic heterocycles. The van der Waals surface area contributed by atoms with Crippen molar-refractivity contribution in [2.75, 3.05) is 0 Å². The van der Waals surface area contributed by atoms with Gasteiger partial charge >= 0.3 is 7.60 Å². The van der Waals surface area contributed by atoms with E-state index in [0.29, 0.717) is 0 Å². The summed E-state index contributed by atoms with van der Waals surface area (Å²) in [5, 5.41) is 0. The van der Waals surface area contributed by atoms with Crippen LogP contribution in [-0.2, 0) is 4.57 Å². The van der Waals surface area contributed by atoms with Crippen molar-refractivity contribution in [1.29, 1.82) is 0 Å². The largest absolute Gasteiger partial charge is 0.332 e. The van der Waals surface area contributed by atoms with Gasteiger partial charge in [-0.3, -0.25) is 4.57 Å². The first kappa shape index (κ1) is 12.9. The first-order valence-corrected chi connectivity index (χ1v) is 5.93. The van der Waals surface area contributed by atoms with E-state index < -0.39 is 18.7 Å². The molecule has 0 aromatic rings. The van der Waals surface area contributed by atoms with Gasteiger partial charge in [-0.2, -0.15) is 0 Å². The van der Waals surface area contributed by atoms with E-state index in [9.17, 15) is 4.57 Å². The van der Waals surface area contributed by atoms with E-state index in [2.05, 4.69) is 0 Å². The lowest BCUT2D eigenvalue weighted by molar-refractivity contribution is 0.317. The molecule has 0 aliphatic heterocycles. The third kappa shape index (κ3) is 4.61. The summed E-state index contributed by atoms with van der Waals surface area (Å²) in [6, 6.07) is 0. The highest BCUT2D eigenvalue weighted by Crippen LogP contribution is 2.50. The highest BCUT2D eigenvalue weighted by molar-refractivity contribution is 7.52. The van der Waals surface area contributed by atoms with Gasteiger partial charge in [0.15, 0.2) is 0 Å². The minimum absolute atomic E-state index is 0.406. The average molecular weight is 206 g/mol. The van der Waals surface area contributed by atoms with Crippen LogP contribution in [0.15, 0.2) is 11.6 Å². The average Bonchev–Trinajstić information content (AvgIpc) is 1.77. The van der Waals surface area contributed by atoms with Gasteiger partial charge in [0.25, 0.3) is 0 Å². The predicted molar refractivity (Wildman–Crippen MR) is 54.7 cm³/mol. The van der Waals surface area contributed by atoms with Gasteiger partial charge in [-0.05, 0) is 19.3 Å². The zero-order chi connectivity index (χ0) is 10.9. The monoisotopic (exact) mass is 206 g/mol. The molecule has 0 aromatic carbocycles. The summed E-state index contributed by atoms with van der Waals surface area (Å²) in [6.45, 7) is 9.17. The van der Waals surface area contributed by atoms with Gasteiger partial charge in [0.1, 0.15) is 0 Å². The van der Waals surface area contributed by atoms with E-state index in [4.69, 9.17) is 9.79 Å². The van der Waals surface area contributed by atoms with Crippen molar-refractivity contribution in [3.05, 3.63) is 11.6 Å². The van der Waals surface area contributed by atoms with Crippen LogP contribution in [-0.4, -0.2) is 15.4 Å². The lowest BCUT2D eigenvalue weighted by atomic mass is 9.90. The Morgan fingerprint density at radius 1 is 1.31 bits per heavy atom. The van der Waals surface area contributed by atoms with Gasteiger partial charge in [0, 0.05) is 0 Å². The van der Waals surface area contributed by atoms with E-state index in [-0.39, 0.29) is 0 Å². The van der Waals surface area contributed by atoms with E-state index in [1.54, 1.807) is 6.08 Å². The predicted octanol–water partition coefficient (Wildman–Crippen LogP) is 2.55. The number of hydrogen-bond donors (Lipinski definition) is 2. The molecule has 1 unspecified atom stereocenters. The van der Waals surface area contributed by atoms with Crippen LogP contribution in [0.1, 0.15) is 34.6 Å². The van der Waals surface area contributed by atoms with Crippen LogP contribution in [0.2, 0.25) is 0 Å². The molecule has 0 radical (unpaired) electrons. The van der Waals surface area contributed by atoms with Crippen molar-refractivity contribution in [2.45, 2.75) is 40.3 Å². The van der Waals surface area contributed by atoms with Crippen molar-refractivity contribution in [1.82, 2.24) is 0 Å². The molecule has 2 N–H and O–H groups in total. The second-order valence-corrected chi connectivity index (χ2v) is 6.38. The van der Waals surface area contributed by atoms with Gasteiger partial charge in [-0.15, -0.1) is 0 Å². The molecule has 78 valence electrons. The van der Waals surface area contributed by atoms with E-state index in [0.717, 1.165) is 5.57 Å². The summed E-state index contributed by atoms with van der Waals surface area (Å²) in [6.07, 6.45) is 1.65. The molecular formula is C9H19O3P. The van der Waals surface area contributed by atoms with Crippen LogP contribution in [0.4, 0.5) is 0 Å². The first-order chi connectivity index (χ1) is 5.55. The van der Waals surface area contributed by atoms with Gasteiger partial charge < -0.3 is 9.79 Å². The molecule has 0 saturated heterocycles. The Balaban J connectivity index is 5.02. The molecule has 0 amide bonds. The Kier molecular flexibility index (Phi) is 3.92. The molecule has 4 heteroatoms. The third-order valence-corrected chi connectivity index (χ3v) is 3.39. The van der Waals surface area contributed by atoms with Crippen LogP contribution in [0.3, 0.4) is 0 Å². The van der Waals surface area contributed by atoms with Crippen molar-refractivity contribution in [2.24, 2.45) is 5.41 Å². The quantitative estimate of drug-likeness (QED) is 0.539. The van der Waals surface area contributed by atoms with E-state index >= 15 is 0 Å². The fourth-order valence-electron chi connectivity index (χ4n) is 1.17. The first-order valence-electron chi connectivity index (χ1n) is 4.25. The molecule has 0 heterocycles. The topological polar surface area (TPSA) is 57.5 Å². The Labute approximate surface area is 80.0 Å². The summed E-state index contributed by atoms with van der Waals surface area (Å²) in [4.78, 5) is 18.3. The second kappa shape index (κ2) is 3.95. The van der Waals surface area contributed by atoms with Crippen LogP contribution in [0.5, 0.6) is 0 Å². The summed E-state index contributed by atoms with van der Waals surface area (Å²) in [5.41, 5.74) is -0.163. The maximum atomic E-state index is 11.2. The van der Waals surface area contributed by atoms with Gasteiger partial charge in [0.05, 0.1) is 5.66 Å². The lowest BCUT2D eigenvalue weighted by Crippen LogP contribution is -2.24. The summed E-state index contributed by atoms with van der Waals surface area (Å²) >= 11 is 0. The zero-order valence-corrected chi connectivity index (χ0v) is 9.80. The minimum Gasteiger partial charge on any atom is -0.324 e. The fraction of sp³-hybridized carbons (Fsp3) is 0.778. The SMILES string of the molecule is CC(C)=CC(C(C)(C)C)P(=O)(O)O. The molecule has 0 aliphatic rings. The molecule has 0 bridgehead atoms. The molecule has 0 fully saturated rings. The molecule has 0 rings (SSSR count). The number of hydrogen-bond acceptors (Lipinski definition) is 1. The van der Waals surface area contributed by atoms with E-state index in [1.807, 2.05) is 34.6 Å². The summed E-state index contributed by atoms with van der Waals surface area (Å²) in [5.74, 6) is 0. The van der Waals surface area contributed by atoms with Crippen molar-refractivity contribution in [3.8, 4) is 0 Å². The summed E-state index contributed by atoms with van der Waals surface area (Å²) < 4.78 is 11.2. The van der Waals surface area contributed by atoms with Crippen LogP contribution in [0, 0.1) is 5.41 Å². The standard InChI is InChI=1S/C9H19O3P/c1-7(2)6-8(9(3,4)5)13(10,11)12/h6,8H,1-5H3,(H2,10,11,12). The smallest absolute Gasteiger partial charge is 0.324 e. The molecule has 1 atom stereocenters. The highest BCUT2D eigenvalue weighted by Gasteiger charge is 2.36. The third-order valence-electron chi connectivity index (χ3n) is 1.74. The second-order valence-electron chi connectivity index (χ2n) is 4.64. The van der Waals surface area contributed by atoms with Gasteiger partial charge in [0.2, 0.25) is 0 Å². The van der Waals surface area contributed by atoms with Gasteiger partial charge in [-0.25, -0.2) is 0 Å². The Hall–Kier alpha value is -0.110. The number of allylic oxidation sites excluding steroid dienone is 2. The maximum absolute atomic E-state index is 11.2. The van der Waals surface area contributed by atoms with Crippen LogP contribution in [0.25, 0.3) is 0 Å². The molecule has 0 spiro atoms. The summed E-state index contributed by atoms with van der Waals surface area (Å²) in [7, 11) is -4.03. The van der Waals surface area contributed by atoms with Crippen LogP contribution < -0.4 is 0 Å². The molecule has 13 heavy (non-hydrogen) atoms. The van der Waals surface area contributed by atoms with Crippen molar-refractivity contribution < 1.29 is 14.4 Å². The highest BCUT2D eigenvalue weighted by atomic mass is 31.2. The molecule has 0 saturated carbocycles.